The zero-order valence-electron chi connectivity index (χ0n) is 11.4. The molecule has 0 fully saturated rings. The van der Waals surface area contributed by atoms with E-state index in [2.05, 4.69) is 31.2 Å². The maximum Gasteiger partial charge on any atom is 0.337 e. The standard InChI is InChI=1S/C16H17NO2/c1-12-7-9-14(10-8-12)17(2)15-6-4-5-13(11-15)16(18)19-3/h4-11H,1-3H3. The summed E-state index contributed by atoms with van der Waals surface area (Å²) >= 11 is 0. The zero-order chi connectivity index (χ0) is 13.8. The van der Waals surface area contributed by atoms with Gasteiger partial charge in [0.2, 0.25) is 0 Å². The second kappa shape index (κ2) is 5.57. The van der Waals surface area contributed by atoms with Crippen LogP contribution in [0.3, 0.4) is 0 Å². The smallest absolute Gasteiger partial charge is 0.337 e. The van der Waals surface area contributed by atoms with Gasteiger partial charge in [-0.3, -0.25) is 0 Å². The van der Waals surface area contributed by atoms with Crippen LogP contribution in [-0.2, 0) is 4.74 Å². The molecule has 0 radical (unpaired) electrons. The van der Waals surface area contributed by atoms with Gasteiger partial charge in [-0.05, 0) is 37.3 Å². The molecular formula is C16H17NO2. The van der Waals surface area contributed by atoms with Crippen molar-refractivity contribution >= 4 is 17.3 Å². The molecule has 0 aliphatic rings. The first-order valence-corrected chi connectivity index (χ1v) is 6.10. The average molecular weight is 255 g/mol. The Hall–Kier alpha value is -2.29. The fourth-order valence-electron chi connectivity index (χ4n) is 1.88. The summed E-state index contributed by atoms with van der Waals surface area (Å²) in [6.07, 6.45) is 0. The number of aryl methyl sites for hydroxylation is 1. The number of ether oxygens (including phenoxy) is 1. The van der Waals surface area contributed by atoms with Gasteiger partial charge in [0.05, 0.1) is 12.7 Å². The van der Waals surface area contributed by atoms with Crippen molar-refractivity contribution in [1.82, 2.24) is 0 Å². The maximum atomic E-state index is 11.5. The maximum absolute atomic E-state index is 11.5. The van der Waals surface area contributed by atoms with Gasteiger partial charge in [0.1, 0.15) is 0 Å². The minimum atomic E-state index is -0.320. The molecule has 0 unspecified atom stereocenters. The van der Waals surface area contributed by atoms with Gasteiger partial charge in [0.25, 0.3) is 0 Å². The highest BCUT2D eigenvalue weighted by atomic mass is 16.5. The van der Waals surface area contributed by atoms with Crippen LogP contribution in [0.15, 0.2) is 48.5 Å². The highest BCUT2D eigenvalue weighted by Gasteiger charge is 2.09. The number of nitrogens with zero attached hydrogens (tertiary/aromatic N) is 1. The Kier molecular flexibility index (Phi) is 3.85. The van der Waals surface area contributed by atoms with E-state index in [1.165, 1.54) is 12.7 Å². The lowest BCUT2D eigenvalue weighted by Gasteiger charge is -2.20. The van der Waals surface area contributed by atoms with Gasteiger partial charge < -0.3 is 9.64 Å². The summed E-state index contributed by atoms with van der Waals surface area (Å²) in [5.41, 5.74) is 3.80. The molecule has 0 saturated carbocycles. The molecule has 0 amide bonds. The van der Waals surface area contributed by atoms with Crippen LogP contribution >= 0.6 is 0 Å². The number of rotatable bonds is 3. The van der Waals surface area contributed by atoms with E-state index in [-0.39, 0.29) is 5.97 Å². The Balaban J connectivity index is 2.31. The van der Waals surface area contributed by atoms with Gasteiger partial charge in [-0.15, -0.1) is 0 Å². The van der Waals surface area contributed by atoms with E-state index >= 15 is 0 Å². The van der Waals surface area contributed by atoms with E-state index in [0.717, 1.165) is 11.4 Å². The third kappa shape index (κ3) is 2.94. The van der Waals surface area contributed by atoms with Crippen molar-refractivity contribution in [3.05, 3.63) is 59.7 Å². The van der Waals surface area contributed by atoms with Crippen molar-refractivity contribution in [3.8, 4) is 0 Å². The molecule has 2 aromatic rings. The number of esters is 1. The number of hydrogen-bond donors (Lipinski definition) is 0. The molecule has 2 aromatic carbocycles. The second-order valence-corrected chi connectivity index (χ2v) is 4.44. The normalized spacial score (nSPS) is 10.1. The minimum Gasteiger partial charge on any atom is -0.465 e. The Morgan fingerprint density at radius 2 is 1.74 bits per heavy atom. The van der Waals surface area contributed by atoms with E-state index in [4.69, 9.17) is 4.74 Å². The monoisotopic (exact) mass is 255 g/mol. The Morgan fingerprint density at radius 3 is 2.37 bits per heavy atom. The number of carbonyl (C=O) groups excluding carboxylic acids is 1. The van der Waals surface area contributed by atoms with Crippen molar-refractivity contribution in [2.24, 2.45) is 0 Å². The van der Waals surface area contributed by atoms with Crippen LogP contribution in [0.5, 0.6) is 0 Å². The molecule has 98 valence electrons. The first kappa shape index (κ1) is 13.1. The largest absolute Gasteiger partial charge is 0.465 e. The molecule has 0 heterocycles. The van der Waals surface area contributed by atoms with Gasteiger partial charge >= 0.3 is 5.97 Å². The molecule has 0 aromatic heterocycles. The van der Waals surface area contributed by atoms with E-state index in [1.54, 1.807) is 6.07 Å². The Labute approximate surface area is 113 Å². The minimum absolute atomic E-state index is 0.320. The van der Waals surface area contributed by atoms with Gasteiger partial charge in [0, 0.05) is 18.4 Å². The molecule has 3 nitrogen and oxygen atoms in total. The molecule has 0 bridgehead atoms. The summed E-state index contributed by atoms with van der Waals surface area (Å²) in [6, 6.07) is 15.6. The Morgan fingerprint density at radius 1 is 1.05 bits per heavy atom. The zero-order valence-corrected chi connectivity index (χ0v) is 11.4. The SMILES string of the molecule is COC(=O)c1cccc(N(C)c2ccc(C)cc2)c1. The molecule has 0 saturated heterocycles. The molecule has 0 atom stereocenters. The van der Waals surface area contributed by atoms with Crippen molar-refractivity contribution in [2.75, 3.05) is 19.1 Å². The predicted molar refractivity (Wildman–Crippen MR) is 77.0 cm³/mol. The molecule has 2 rings (SSSR count). The molecule has 0 spiro atoms. The van der Waals surface area contributed by atoms with Crippen molar-refractivity contribution in [3.63, 3.8) is 0 Å². The highest BCUT2D eigenvalue weighted by molar-refractivity contribution is 5.90. The summed E-state index contributed by atoms with van der Waals surface area (Å²) in [6.45, 7) is 2.06. The van der Waals surface area contributed by atoms with Crippen molar-refractivity contribution in [1.29, 1.82) is 0 Å². The molecule has 0 aliphatic heterocycles. The van der Waals surface area contributed by atoms with Gasteiger partial charge in [-0.25, -0.2) is 4.79 Å². The lowest BCUT2D eigenvalue weighted by atomic mass is 10.1. The van der Waals surface area contributed by atoms with E-state index in [1.807, 2.05) is 30.1 Å². The number of anilines is 2. The first-order chi connectivity index (χ1) is 9.11. The van der Waals surface area contributed by atoms with Gasteiger partial charge in [-0.2, -0.15) is 0 Å². The van der Waals surface area contributed by atoms with Crippen LogP contribution in [0.1, 0.15) is 15.9 Å². The summed E-state index contributed by atoms with van der Waals surface area (Å²) in [7, 11) is 3.36. The lowest BCUT2D eigenvalue weighted by Crippen LogP contribution is -2.10. The van der Waals surface area contributed by atoms with E-state index in [9.17, 15) is 4.79 Å². The highest BCUT2D eigenvalue weighted by Crippen LogP contribution is 2.24. The quantitative estimate of drug-likeness (QED) is 0.785. The molecule has 0 aliphatic carbocycles. The lowest BCUT2D eigenvalue weighted by molar-refractivity contribution is 0.0601. The number of carbonyl (C=O) groups is 1. The molecular weight excluding hydrogens is 238 g/mol. The summed E-state index contributed by atoms with van der Waals surface area (Å²) in [5.74, 6) is -0.320. The Bertz CT molecular complexity index is 576. The van der Waals surface area contributed by atoms with Crippen molar-refractivity contribution in [2.45, 2.75) is 6.92 Å². The molecule has 3 heteroatoms. The third-order valence-corrected chi connectivity index (χ3v) is 3.08. The first-order valence-electron chi connectivity index (χ1n) is 6.10. The summed E-state index contributed by atoms with van der Waals surface area (Å²) in [5, 5.41) is 0. The van der Waals surface area contributed by atoms with Crippen LogP contribution in [-0.4, -0.2) is 20.1 Å². The van der Waals surface area contributed by atoms with E-state index in [0.29, 0.717) is 5.56 Å². The second-order valence-electron chi connectivity index (χ2n) is 4.44. The number of benzene rings is 2. The van der Waals surface area contributed by atoms with Crippen LogP contribution in [0.4, 0.5) is 11.4 Å². The topological polar surface area (TPSA) is 29.5 Å². The number of methoxy groups -OCH3 is 1. The van der Waals surface area contributed by atoms with Crippen LogP contribution in [0.2, 0.25) is 0 Å². The fourth-order valence-corrected chi connectivity index (χ4v) is 1.88. The third-order valence-electron chi connectivity index (χ3n) is 3.08. The summed E-state index contributed by atoms with van der Waals surface area (Å²) < 4.78 is 4.73. The molecule has 0 N–H and O–H groups in total. The fraction of sp³-hybridized carbons (Fsp3) is 0.188. The van der Waals surface area contributed by atoms with E-state index < -0.39 is 0 Å². The van der Waals surface area contributed by atoms with Crippen LogP contribution < -0.4 is 4.90 Å². The predicted octanol–water partition coefficient (Wildman–Crippen LogP) is 3.55. The number of hydrogen-bond acceptors (Lipinski definition) is 3. The van der Waals surface area contributed by atoms with Crippen LogP contribution in [0.25, 0.3) is 0 Å². The average Bonchev–Trinajstić information content (AvgIpc) is 2.46. The summed E-state index contributed by atoms with van der Waals surface area (Å²) in [4.78, 5) is 13.6. The van der Waals surface area contributed by atoms with Gasteiger partial charge in [0.15, 0.2) is 0 Å². The van der Waals surface area contributed by atoms with Gasteiger partial charge in [-0.1, -0.05) is 23.8 Å². The van der Waals surface area contributed by atoms with Crippen molar-refractivity contribution < 1.29 is 9.53 Å². The molecule has 19 heavy (non-hydrogen) atoms. The van der Waals surface area contributed by atoms with Crippen LogP contribution in [0, 0.1) is 6.92 Å².